The van der Waals surface area contributed by atoms with Crippen molar-refractivity contribution < 1.29 is 23.8 Å². The van der Waals surface area contributed by atoms with Gasteiger partial charge in [0, 0.05) is 66.6 Å². The Balaban J connectivity index is 0.920. The van der Waals surface area contributed by atoms with E-state index < -0.39 is 5.79 Å². The van der Waals surface area contributed by atoms with Gasteiger partial charge < -0.3 is 33.5 Å². The van der Waals surface area contributed by atoms with E-state index in [2.05, 4.69) is 26.9 Å². The van der Waals surface area contributed by atoms with Gasteiger partial charge in [-0.3, -0.25) is 4.79 Å². The maximum absolute atomic E-state index is 12.8. The fourth-order valence-corrected chi connectivity index (χ4v) is 7.08. The molecule has 3 saturated heterocycles. The second-order valence-corrected chi connectivity index (χ2v) is 13.5. The molecule has 0 spiro atoms. The van der Waals surface area contributed by atoms with Crippen LogP contribution in [0.5, 0.6) is 5.75 Å². The van der Waals surface area contributed by atoms with Gasteiger partial charge in [0.1, 0.15) is 25.0 Å². The van der Waals surface area contributed by atoms with E-state index in [9.17, 15) is 9.59 Å². The third-order valence-corrected chi connectivity index (χ3v) is 9.70. The highest BCUT2D eigenvalue weighted by Crippen LogP contribution is 2.40. The lowest BCUT2D eigenvalue weighted by molar-refractivity contribution is -0.189. The molecule has 2 unspecified atom stereocenters. The highest BCUT2D eigenvalue weighted by atomic mass is 35.5. The van der Waals surface area contributed by atoms with Gasteiger partial charge in [0.25, 0.3) is 5.91 Å². The predicted molar refractivity (Wildman–Crippen MR) is 189 cm³/mol. The molecule has 7 rings (SSSR count). The van der Waals surface area contributed by atoms with Crippen LogP contribution in [0.3, 0.4) is 0 Å². The lowest BCUT2D eigenvalue weighted by atomic mass is 10.1. The zero-order valence-electron chi connectivity index (χ0n) is 27.4. The van der Waals surface area contributed by atoms with Gasteiger partial charge in [0.2, 0.25) is 5.79 Å². The van der Waals surface area contributed by atoms with Crippen molar-refractivity contribution >= 4 is 52.2 Å². The second-order valence-electron chi connectivity index (χ2n) is 12.7. The van der Waals surface area contributed by atoms with Crippen molar-refractivity contribution in [1.82, 2.24) is 14.5 Å². The number of imide groups is 1. The molecule has 0 saturated carbocycles. The molecule has 4 heterocycles. The van der Waals surface area contributed by atoms with Gasteiger partial charge in [-0.1, -0.05) is 29.3 Å². The summed E-state index contributed by atoms with van der Waals surface area (Å²) < 4.78 is 20.8. The number of benzene rings is 3. The number of carbonyl (C=O) groups is 2. The monoisotopic (exact) mass is 704 g/mol. The number of imidazole rings is 1. The van der Waals surface area contributed by atoms with Gasteiger partial charge in [-0.2, -0.15) is 0 Å². The molecule has 49 heavy (non-hydrogen) atoms. The number of rotatable bonds is 10. The number of hydrogen-bond donors (Lipinski definition) is 0. The molecule has 3 amide bonds. The Hall–Kier alpha value is -4.29. The smallest absolute Gasteiger partial charge is 0.332 e. The second kappa shape index (κ2) is 13.9. The maximum atomic E-state index is 12.8. The third-order valence-electron chi connectivity index (χ3n) is 9.16. The first-order chi connectivity index (χ1) is 23.7. The van der Waals surface area contributed by atoms with Gasteiger partial charge in [-0.05, 0) is 74.5 Å². The third kappa shape index (κ3) is 6.94. The van der Waals surface area contributed by atoms with E-state index in [0.717, 1.165) is 43.3 Å². The van der Waals surface area contributed by atoms with Crippen LogP contribution in [0.4, 0.5) is 21.9 Å². The molecule has 1 aromatic heterocycles. The van der Waals surface area contributed by atoms with Crippen LogP contribution >= 0.6 is 23.2 Å². The summed E-state index contributed by atoms with van der Waals surface area (Å²) in [5.41, 5.74) is 3.50. The highest BCUT2D eigenvalue weighted by molar-refractivity contribution is 6.35. The first-order valence-corrected chi connectivity index (χ1v) is 17.1. The van der Waals surface area contributed by atoms with Gasteiger partial charge in [-0.25, -0.2) is 14.7 Å². The minimum Gasteiger partial charge on any atom is -0.491 e. The predicted octanol–water partition coefficient (Wildman–Crippen LogP) is 6.04. The molecule has 3 aromatic carbocycles. The Morgan fingerprint density at radius 3 is 2.16 bits per heavy atom. The molecule has 0 N–H and O–H groups in total. The molecule has 256 valence electrons. The van der Waals surface area contributed by atoms with Crippen LogP contribution in [-0.2, 0) is 26.6 Å². The van der Waals surface area contributed by atoms with Crippen molar-refractivity contribution in [2.75, 3.05) is 60.6 Å². The fraction of sp³-hybridized carbons (Fsp3) is 0.361. The fourth-order valence-electron chi connectivity index (χ4n) is 6.53. The summed E-state index contributed by atoms with van der Waals surface area (Å²) in [5, 5.41) is 1.00. The molecule has 0 radical (unpaired) electrons. The first-order valence-electron chi connectivity index (χ1n) is 16.4. The molecule has 0 bridgehead atoms. The number of anilines is 3. The van der Waals surface area contributed by atoms with Crippen molar-refractivity contribution in [2.45, 2.75) is 38.3 Å². The van der Waals surface area contributed by atoms with E-state index in [1.165, 1.54) is 4.90 Å². The lowest BCUT2D eigenvalue weighted by Gasteiger charge is -2.37. The molecule has 11 nitrogen and oxygen atoms in total. The quantitative estimate of drug-likeness (QED) is 0.185. The summed E-state index contributed by atoms with van der Waals surface area (Å²) in [6.45, 7) is 8.36. The highest BCUT2D eigenvalue weighted by Gasteiger charge is 2.45. The number of hydrogen-bond acceptors (Lipinski definition) is 8. The number of ether oxygens (including phenoxy) is 3. The van der Waals surface area contributed by atoms with Crippen molar-refractivity contribution in [2.24, 2.45) is 0 Å². The SMILES string of the molecule is CC(C)N1CC(=O)N(c2ccc(N3CCN(c4ccc(OCC5COC(Cn6ccnc6)(c6ccc(Cl)cc6Cl)O5)cc4)CC3)cc2)C1=O. The van der Waals surface area contributed by atoms with Crippen molar-refractivity contribution in [3.05, 3.63) is 101 Å². The van der Waals surface area contributed by atoms with Crippen LogP contribution in [-0.4, -0.2) is 84.5 Å². The Kier molecular flexibility index (Phi) is 9.43. The Morgan fingerprint density at radius 2 is 1.57 bits per heavy atom. The van der Waals surface area contributed by atoms with Crippen LogP contribution in [0.25, 0.3) is 0 Å². The molecular formula is C36H38Cl2N6O5. The largest absolute Gasteiger partial charge is 0.491 e. The zero-order valence-corrected chi connectivity index (χ0v) is 28.9. The minimum atomic E-state index is -1.11. The molecule has 13 heteroatoms. The van der Waals surface area contributed by atoms with E-state index in [0.29, 0.717) is 41.1 Å². The van der Waals surface area contributed by atoms with Crippen molar-refractivity contribution in [1.29, 1.82) is 0 Å². The van der Waals surface area contributed by atoms with Crippen LogP contribution in [0.15, 0.2) is 85.5 Å². The normalized spacial score (nSPS) is 21.4. The molecule has 4 aromatic rings. The molecular weight excluding hydrogens is 667 g/mol. The van der Waals surface area contributed by atoms with Crippen molar-refractivity contribution in [3.63, 3.8) is 0 Å². The molecule has 3 aliphatic heterocycles. The lowest BCUT2D eigenvalue weighted by Crippen LogP contribution is -2.46. The summed E-state index contributed by atoms with van der Waals surface area (Å²) in [6, 6.07) is 20.8. The number of urea groups is 1. The molecule has 0 aliphatic carbocycles. The summed E-state index contributed by atoms with van der Waals surface area (Å²) in [7, 11) is 0. The summed E-state index contributed by atoms with van der Waals surface area (Å²) in [5.74, 6) is -0.555. The van der Waals surface area contributed by atoms with E-state index in [1.807, 2.05) is 67.1 Å². The van der Waals surface area contributed by atoms with Gasteiger partial charge in [-0.15, -0.1) is 0 Å². The first kappa shape index (κ1) is 33.2. The topological polar surface area (TPSA) is 92.6 Å². The van der Waals surface area contributed by atoms with Gasteiger partial charge in [0.15, 0.2) is 0 Å². The number of piperazine rings is 1. The number of nitrogens with zero attached hydrogens (tertiary/aromatic N) is 6. The maximum Gasteiger partial charge on any atom is 0.332 e. The van der Waals surface area contributed by atoms with Crippen molar-refractivity contribution in [3.8, 4) is 5.75 Å². The van der Waals surface area contributed by atoms with E-state index >= 15 is 0 Å². The Bertz CT molecular complexity index is 1780. The zero-order chi connectivity index (χ0) is 34.1. The summed E-state index contributed by atoms with van der Waals surface area (Å²) >= 11 is 12.8. The molecule has 3 aliphatic rings. The van der Waals surface area contributed by atoms with E-state index in [-0.39, 0.29) is 30.6 Å². The molecule has 3 fully saturated rings. The molecule has 2 atom stereocenters. The Labute approximate surface area is 295 Å². The van der Waals surface area contributed by atoms with Crippen LogP contribution in [0.2, 0.25) is 10.0 Å². The Morgan fingerprint density at radius 1 is 0.918 bits per heavy atom. The van der Waals surface area contributed by atoms with Crippen LogP contribution in [0.1, 0.15) is 19.4 Å². The van der Waals surface area contributed by atoms with Gasteiger partial charge in [0.05, 0.1) is 30.2 Å². The number of carbonyl (C=O) groups excluding carboxylic acids is 2. The average Bonchev–Trinajstić information content (AvgIpc) is 3.84. The number of aromatic nitrogens is 2. The summed E-state index contributed by atoms with van der Waals surface area (Å²) in [4.78, 5) is 37.0. The number of halogens is 2. The van der Waals surface area contributed by atoms with E-state index in [1.54, 1.807) is 29.6 Å². The van der Waals surface area contributed by atoms with E-state index in [4.69, 9.17) is 37.4 Å². The van der Waals surface area contributed by atoms with Crippen LogP contribution in [0, 0.1) is 0 Å². The standard InChI is InChI=1S/C36H38Cl2N6O5/c1-25(2)43-20-34(45)44(35(43)46)29-6-4-27(5-7-29)41-15-17-42(18-16-41)28-8-10-30(11-9-28)47-21-31-22-48-36(49-31,23-40-14-13-39-24-40)32-12-3-26(37)19-33(32)38/h3-14,19,24-25,31H,15-18,20-23H2,1-2H3. The van der Waals surface area contributed by atoms with Crippen LogP contribution < -0.4 is 19.4 Å². The number of amides is 3. The summed E-state index contributed by atoms with van der Waals surface area (Å²) in [6.07, 6.45) is 4.96. The van der Waals surface area contributed by atoms with Gasteiger partial charge >= 0.3 is 6.03 Å². The minimum absolute atomic E-state index is 0.0239. The average molecular weight is 706 g/mol.